The summed E-state index contributed by atoms with van der Waals surface area (Å²) in [5.41, 5.74) is 1.06. The molecule has 0 radical (unpaired) electrons. The van der Waals surface area contributed by atoms with Crippen LogP contribution in [-0.4, -0.2) is 29.8 Å². The molecule has 140 valence electrons. The molecular formula is C17H20F3N5S. The maximum atomic E-state index is 13.2. The number of thioether (sulfide) groups is 1. The zero-order valence-corrected chi connectivity index (χ0v) is 15.3. The van der Waals surface area contributed by atoms with Crippen LogP contribution in [0.4, 0.5) is 24.7 Å². The fourth-order valence-electron chi connectivity index (χ4n) is 3.07. The number of hydrogen-bond donors (Lipinski definition) is 3. The summed E-state index contributed by atoms with van der Waals surface area (Å²) in [6.45, 7) is 0.948. The molecule has 26 heavy (non-hydrogen) atoms. The first-order chi connectivity index (χ1) is 12.4. The molecule has 3 rings (SSSR count). The molecule has 0 spiro atoms. The van der Waals surface area contributed by atoms with Crippen molar-refractivity contribution in [3.8, 4) is 0 Å². The van der Waals surface area contributed by atoms with Crippen molar-refractivity contribution in [2.24, 2.45) is 0 Å². The molecule has 0 saturated heterocycles. The van der Waals surface area contributed by atoms with Gasteiger partial charge in [0, 0.05) is 37.9 Å². The summed E-state index contributed by atoms with van der Waals surface area (Å²) >= 11 is 1.45. The molecule has 1 aliphatic heterocycles. The van der Waals surface area contributed by atoms with E-state index in [0.717, 1.165) is 17.4 Å². The average molecular weight is 383 g/mol. The van der Waals surface area contributed by atoms with Gasteiger partial charge in [-0.25, -0.2) is 9.97 Å². The molecule has 0 fully saturated rings. The lowest BCUT2D eigenvalue weighted by atomic mass is 9.94. The van der Waals surface area contributed by atoms with Crippen LogP contribution in [0, 0.1) is 0 Å². The van der Waals surface area contributed by atoms with Crippen LogP contribution in [0.25, 0.3) is 0 Å². The van der Waals surface area contributed by atoms with Crippen molar-refractivity contribution < 1.29 is 13.2 Å². The number of rotatable bonds is 5. The SMILES string of the molecule is CNc1nc(SC)ncc1CNC1CCNc2c1cccc2C(F)(F)F. The number of hydrogen-bond acceptors (Lipinski definition) is 6. The van der Waals surface area contributed by atoms with Crippen molar-refractivity contribution in [2.45, 2.75) is 30.3 Å². The first-order valence-corrected chi connectivity index (χ1v) is 9.41. The van der Waals surface area contributed by atoms with Crippen molar-refractivity contribution in [1.29, 1.82) is 0 Å². The minimum atomic E-state index is -4.37. The maximum absolute atomic E-state index is 13.2. The topological polar surface area (TPSA) is 61.9 Å². The van der Waals surface area contributed by atoms with E-state index >= 15 is 0 Å². The Hall–Kier alpha value is -2.00. The van der Waals surface area contributed by atoms with Crippen molar-refractivity contribution in [3.05, 3.63) is 41.1 Å². The molecule has 0 saturated carbocycles. The predicted molar refractivity (Wildman–Crippen MR) is 97.5 cm³/mol. The van der Waals surface area contributed by atoms with Gasteiger partial charge in [-0.15, -0.1) is 0 Å². The van der Waals surface area contributed by atoms with Crippen molar-refractivity contribution in [2.75, 3.05) is 30.5 Å². The minimum Gasteiger partial charge on any atom is -0.384 e. The number of alkyl halides is 3. The largest absolute Gasteiger partial charge is 0.418 e. The Bertz CT molecular complexity index is 781. The minimum absolute atomic E-state index is 0.168. The number of para-hydroxylation sites is 1. The van der Waals surface area contributed by atoms with Crippen molar-refractivity contribution in [3.63, 3.8) is 0 Å². The van der Waals surface area contributed by atoms with Crippen molar-refractivity contribution in [1.82, 2.24) is 15.3 Å². The average Bonchev–Trinajstić information content (AvgIpc) is 2.64. The quantitative estimate of drug-likeness (QED) is 0.538. The Morgan fingerprint density at radius 3 is 2.85 bits per heavy atom. The van der Waals surface area contributed by atoms with E-state index in [4.69, 9.17) is 0 Å². The standard InChI is InChI=1S/C17H20F3N5S/c1-21-15-10(9-24-16(25-15)26-2)8-23-13-6-7-22-14-11(13)4-3-5-12(14)17(18,19)20/h3-5,9,13,22-23H,6-8H2,1-2H3,(H,21,24,25). The lowest BCUT2D eigenvalue weighted by Gasteiger charge is -2.30. The first kappa shape index (κ1) is 18.8. The second-order valence-electron chi connectivity index (χ2n) is 5.90. The van der Waals surface area contributed by atoms with Crippen LogP contribution in [-0.2, 0) is 12.7 Å². The molecule has 0 aliphatic carbocycles. The Morgan fingerprint density at radius 2 is 2.15 bits per heavy atom. The molecule has 0 amide bonds. The Kier molecular flexibility index (Phi) is 5.57. The van der Waals surface area contributed by atoms with Crippen LogP contribution in [0.5, 0.6) is 0 Å². The molecule has 3 N–H and O–H groups in total. The summed E-state index contributed by atoms with van der Waals surface area (Å²) in [5, 5.41) is 9.96. The zero-order valence-electron chi connectivity index (χ0n) is 14.4. The summed E-state index contributed by atoms with van der Waals surface area (Å²) in [7, 11) is 1.78. The fourth-order valence-corrected chi connectivity index (χ4v) is 3.41. The second-order valence-corrected chi connectivity index (χ2v) is 6.67. The third-order valence-electron chi connectivity index (χ3n) is 4.31. The number of benzene rings is 1. The second kappa shape index (κ2) is 7.71. The molecule has 9 heteroatoms. The van der Waals surface area contributed by atoms with Gasteiger partial charge in [-0.1, -0.05) is 23.9 Å². The van der Waals surface area contributed by atoms with Gasteiger partial charge in [0.25, 0.3) is 0 Å². The number of nitrogens with zero attached hydrogens (tertiary/aromatic N) is 2. The Balaban J connectivity index is 1.82. The molecule has 0 bridgehead atoms. The van der Waals surface area contributed by atoms with Gasteiger partial charge in [0.1, 0.15) is 5.82 Å². The third kappa shape index (κ3) is 3.88. The van der Waals surface area contributed by atoms with E-state index in [9.17, 15) is 13.2 Å². The Labute approximate surface area is 154 Å². The van der Waals surface area contributed by atoms with Gasteiger partial charge in [-0.05, 0) is 24.3 Å². The highest BCUT2D eigenvalue weighted by molar-refractivity contribution is 7.98. The molecule has 1 unspecified atom stereocenters. The number of fused-ring (bicyclic) bond motifs is 1. The van der Waals surface area contributed by atoms with Gasteiger partial charge in [-0.2, -0.15) is 13.2 Å². The van der Waals surface area contributed by atoms with Crippen LogP contribution in [0.1, 0.15) is 29.2 Å². The van der Waals surface area contributed by atoms with Gasteiger partial charge in [-0.3, -0.25) is 0 Å². The van der Waals surface area contributed by atoms with E-state index in [2.05, 4.69) is 25.9 Å². The highest BCUT2D eigenvalue weighted by Gasteiger charge is 2.36. The van der Waals surface area contributed by atoms with Crippen LogP contribution >= 0.6 is 11.8 Å². The molecule has 1 aromatic carbocycles. The molecule has 2 heterocycles. The zero-order chi connectivity index (χ0) is 18.7. The number of anilines is 2. The van der Waals surface area contributed by atoms with Crippen LogP contribution in [0.3, 0.4) is 0 Å². The molecule has 1 atom stereocenters. The van der Waals surface area contributed by atoms with Crippen molar-refractivity contribution >= 4 is 23.3 Å². The van der Waals surface area contributed by atoms with Gasteiger partial charge in [0.05, 0.1) is 11.3 Å². The summed E-state index contributed by atoms with van der Waals surface area (Å²) in [5.74, 6) is 0.718. The molecular weight excluding hydrogens is 363 g/mol. The number of halogens is 3. The van der Waals surface area contributed by atoms with Gasteiger partial charge in [0.2, 0.25) is 0 Å². The van der Waals surface area contributed by atoms with E-state index in [-0.39, 0.29) is 11.7 Å². The predicted octanol–water partition coefficient (Wildman–Crippen LogP) is 3.91. The fraction of sp³-hybridized carbons (Fsp3) is 0.412. The lowest BCUT2D eigenvalue weighted by molar-refractivity contribution is -0.137. The highest BCUT2D eigenvalue weighted by Crippen LogP contribution is 2.41. The molecule has 5 nitrogen and oxygen atoms in total. The van der Waals surface area contributed by atoms with E-state index in [1.165, 1.54) is 17.8 Å². The lowest BCUT2D eigenvalue weighted by Crippen LogP contribution is -2.29. The van der Waals surface area contributed by atoms with Crippen LogP contribution < -0.4 is 16.0 Å². The molecule has 1 aromatic heterocycles. The van der Waals surface area contributed by atoms with E-state index < -0.39 is 11.7 Å². The van der Waals surface area contributed by atoms with Gasteiger partial charge in [0.15, 0.2) is 5.16 Å². The maximum Gasteiger partial charge on any atom is 0.418 e. The monoisotopic (exact) mass is 383 g/mol. The Morgan fingerprint density at radius 1 is 1.35 bits per heavy atom. The highest BCUT2D eigenvalue weighted by atomic mass is 32.2. The third-order valence-corrected chi connectivity index (χ3v) is 4.87. The number of aromatic nitrogens is 2. The summed E-state index contributed by atoms with van der Waals surface area (Å²) < 4.78 is 39.7. The van der Waals surface area contributed by atoms with Crippen LogP contribution in [0.2, 0.25) is 0 Å². The van der Waals surface area contributed by atoms with Gasteiger partial charge >= 0.3 is 6.18 Å². The normalized spacial score (nSPS) is 16.7. The van der Waals surface area contributed by atoms with E-state index in [1.807, 2.05) is 6.26 Å². The van der Waals surface area contributed by atoms with Crippen LogP contribution in [0.15, 0.2) is 29.6 Å². The molecule has 1 aliphatic rings. The molecule has 2 aromatic rings. The number of nitrogens with one attached hydrogen (secondary N) is 3. The van der Waals surface area contributed by atoms with E-state index in [1.54, 1.807) is 19.3 Å². The summed E-state index contributed by atoms with van der Waals surface area (Å²) in [4.78, 5) is 8.67. The summed E-state index contributed by atoms with van der Waals surface area (Å²) in [6.07, 6.45) is -0.0311. The van der Waals surface area contributed by atoms with E-state index in [0.29, 0.717) is 30.2 Å². The smallest absolute Gasteiger partial charge is 0.384 e. The summed E-state index contributed by atoms with van der Waals surface area (Å²) in [6, 6.07) is 4.14. The van der Waals surface area contributed by atoms with Gasteiger partial charge < -0.3 is 16.0 Å². The first-order valence-electron chi connectivity index (χ1n) is 8.19.